The van der Waals surface area contributed by atoms with Crippen molar-refractivity contribution in [1.29, 1.82) is 0 Å². The Bertz CT molecular complexity index is 654. The van der Waals surface area contributed by atoms with Crippen LogP contribution in [-0.2, 0) is 25.7 Å². The van der Waals surface area contributed by atoms with Crippen molar-refractivity contribution < 1.29 is 24.2 Å². The Kier molecular flexibility index (Phi) is 11.1. The van der Waals surface area contributed by atoms with Gasteiger partial charge >= 0.3 is 0 Å². The van der Waals surface area contributed by atoms with Gasteiger partial charge in [0.25, 0.3) is 0 Å². The number of aliphatic hydroxyl groups is 1. The summed E-state index contributed by atoms with van der Waals surface area (Å²) in [7, 11) is 0. The van der Waals surface area contributed by atoms with Crippen molar-refractivity contribution in [1.82, 2.24) is 10.6 Å². The molecule has 0 aliphatic rings. The Balaban J connectivity index is 2.78. The van der Waals surface area contributed by atoms with E-state index in [1.165, 1.54) is 13.8 Å². The molecule has 0 heterocycles. The first-order chi connectivity index (χ1) is 13.8. The van der Waals surface area contributed by atoms with Crippen molar-refractivity contribution >= 4 is 17.6 Å². The first-order valence-electron chi connectivity index (χ1n) is 9.65. The summed E-state index contributed by atoms with van der Waals surface area (Å²) in [5, 5.41) is 15.0. The highest BCUT2D eigenvalue weighted by molar-refractivity contribution is 5.93. The summed E-state index contributed by atoms with van der Waals surface area (Å²) in [5.74, 6) is -1.49. The number of carbonyl (C=O) groups is 3. The predicted octanol–water partition coefficient (Wildman–Crippen LogP) is -0.791. The summed E-state index contributed by atoms with van der Waals surface area (Å²) in [5.41, 5.74) is 11.9. The summed E-state index contributed by atoms with van der Waals surface area (Å²) in [6, 6.07) is 7.29. The largest absolute Gasteiger partial charge is 0.391 e. The molecular formula is C20H32N4O5. The number of hydrogen-bond donors (Lipinski definition) is 5. The summed E-state index contributed by atoms with van der Waals surface area (Å²) in [6.07, 6.45) is -1.56. The number of Topliss-reactive ketones (excluding diaryl/α,β-unsaturated/α-hetero) is 1. The zero-order chi connectivity index (χ0) is 21.8. The van der Waals surface area contributed by atoms with Crippen LogP contribution >= 0.6 is 0 Å². The average Bonchev–Trinajstić information content (AvgIpc) is 2.69. The second-order valence-corrected chi connectivity index (χ2v) is 6.84. The summed E-state index contributed by atoms with van der Waals surface area (Å²) in [4.78, 5) is 36.8. The van der Waals surface area contributed by atoms with Gasteiger partial charge in [-0.2, -0.15) is 0 Å². The van der Waals surface area contributed by atoms with E-state index in [1.54, 1.807) is 0 Å². The molecule has 0 aromatic heterocycles. The van der Waals surface area contributed by atoms with E-state index < -0.39 is 36.1 Å². The van der Waals surface area contributed by atoms with E-state index in [9.17, 15) is 19.5 Å². The fraction of sp³-hybridized carbons (Fsp3) is 0.550. The van der Waals surface area contributed by atoms with E-state index in [-0.39, 0.29) is 38.3 Å². The molecule has 2 amide bonds. The molecule has 0 saturated heterocycles. The highest BCUT2D eigenvalue weighted by atomic mass is 16.5. The highest BCUT2D eigenvalue weighted by Crippen LogP contribution is 2.07. The number of nitrogens with two attached hydrogens (primary N) is 2. The number of benzene rings is 1. The van der Waals surface area contributed by atoms with Gasteiger partial charge in [-0.15, -0.1) is 0 Å². The Morgan fingerprint density at radius 2 is 1.66 bits per heavy atom. The van der Waals surface area contributed by atoms with Crippen LogP contribution < -0.4 is 22.1 Å². The third-order valence-corrected chi connectivity index (χ3v) is 4.34. The van der Waals surface area contributed by atoms with E-state index in [2.05, 4.69) is 10.6 Å². The van der Waals surface area contributed by atoms with Crippen molar-refractivity contribution in [3.63, 3.8) is 0 Å². The molecular weight excluding hydrogens is 376 g/mol. The van der Waals surface area contributed by atoms with Gasteiger partial charge in [0, 0.05) is 0 Å². The quantitative estimate of drug-likeness (QED) is 0.286. The van der Waals surface area contributed by atoms with Crippen LogP contribution in [0.15, 0.2) is 30.3 Å². The fourth-order valence-electron chi connectivity index (χ4n) is 2.67. The number of amides is 2. The van der Waals surface area contributed by atoms with Crippen LogP contribution in [0.1, 0.15) is 32.3 Å². The molecule has 9 heteroatoms. The second-order valence-electron chi connectivity index (χ2n) is 6.84. The Hall–Kier alpha value is -2.33. The molecule has 29 heavy (non-hydrogen) atoms. The minimum atomic E-state index is -1.25. The lowest BCUT2D eigenvalue weighted by molar-refractivity contribution is -0.140. The molecule has 0 bridgehead atoms. The molecule has 0 aliphatic carbocycles. The zero-order valence-corrected chi connectivity index (χ0v) is 17.0. The van der Waals surface area contributed by atoms with Gasteiger partial charge in [0.2, 0.25) is 11.8 Å². The van der Waals surface area contributed by atoms with Gasteiger partial charge in [-0.1, -0.05) is 30.3 Å². The monoisotopic (exact) mass is 408 g/mol. The van der Waals surface area contributed by atoms with Gasteiger partial charge in [0.05, 0.1) is 18.8 Å². The molecule has 7 N–H and O–H groups in total. The normalized spacial score (nSPS) is 15.1. The Morgan fingerprint density at radius 1 is 1.03 bits per heavy atom. The third kappa shape index (κ3) is 8.70. The van der Waals surface area contributed by atoms with E-state index in [1.807, 2.05) is 30.3 Å². The van der Waals surface area contributed by atoms with Crippen LogP contribution in [0, 0.1) is 0 Å². The molecule has 0 radical (unpaired) electrons. The number of nitrogens with one attached hydrogen (secondary N) is 2. The van der Waals surface area contributed by atoms with Crippen molar-refractivity contribution in [3.05, 3.63) is 35.9 Å². The number of ether oxygens (including phenoxy) is 1. The highest BCUT2D eigenvalue weighted by Gasteiger charge is 2.31. The van der Waals surface area contributed by atoms with Gasteiger partial charge in [-0.3, -0.25) is 14.4 Å². The molecule has 1 aromatic carbocycles. The second kappa shape index (κ2) is 13.0. The lowest BCUT2D eigenvalue weighted by Crippen LogP contribution is -2.57. The van der Waals surface area contributed by atoms with Gasteiger partial charge in [-0.25, -0.2) is 0 Å². The van der Waals surface area contributed by atoms with Crippen molar-refractivity contribution in [3.8, 4) is 0 Å². The van der Waals surface area contributed by atoms with Crippen molar-refractivity contribution in [2.24, 2.45) is 11.5 Å². The predicted molar refractivity (Wildman–Crippen MR) is 109 cm³/mol. The van der Waals surface area contributed by atoms with E-state index in [4.69, 9.17) is 16.2 Å². The molecule has 0 unspecified atom stereocenters. The molecule has 4 atom stereocenters. The molecule has 1 rings (SSSR count). The molecule has 0 spiro atoms. The lowest BCUT2D eigenvalue weighted by Gasteiger charge is -2.26. The molecule has 162 valence electrons. The van der Waals surface area contributed by atoms with Crippen molar-refractivity contribution in [2.45, 2.75) is 57.6 Å². The third-order valence-electron chi connectivity index (χ3n) is 4.34. The van der Waals surface area contributed by atoms with Crippen LogP contribution in [-0.4, -0.2) is 60.1 Å². The molecule has 0 saturated carbocycles. The molecule has 0 fully saturated rings. The maximum Gasteiger partial charge on any atom is 0.249 e. The minimum absolute atomic E-state index is 0.202. The zero-order valence-electron chi connectivity index (χ0n) is 17.0. The SMILES string of the molecule is CC(=O)[C@H](CCN)NC(=O)[C@@H](NC(=O)[C@H](CCN)OCc1ccccc1)[C@H](C)O. The first kappa shape index (κ1) is 24.7. The lowest BCUT2D eigenvalue weighted by atomic mass is 10.1. The number of aliphatic hydroxyl groups excluding tert-OH is 1. The van der Waals surface area contributed by atoms with Gasteiger partial charge in [0.1, 0.15) is 12.1 Å². The van der Waals surface area contributed by atoms with Crippen LogP contribution in [0.5, 0.6) is 0 Å². The van der Waals surface area contributed by atoms with Gasteiger partial charge in [0.15, 0.2) is 5.78 Å². The summed E-state index contributed by atoms with van der Waals surface area (Å²) >= 11 is 0. The number of rotatable bonds is 13. The first-order valence-corrected chi connectivity index (χ1v) is 9.65. The standard InChI is InChI=1S/C20H32N4O5/c1-13(25)16(8-10-21)23-20(28)18(14(2)26)24-19(27)17(9-11-22)29-12-15-6-4-3-5-7-15/h3-7,14,16-18,26H,8-12,21-22H2,1-2H3,(H,23,28)(H,24,27)/t14-,16-,17-,18-/m0/s1. The van der Waals surface area contributed by atoms with Gasteiger partial charge in [-0.05, 0) is 45.3 Å². The maximum atomic E-state index is 12.6. The fourth-order valence-corrected chi connectivity index (χ4v) is 2.67. The summed E-state index contributed by atoms with van der Waals surface area (Å²) < 4.78 is 5.67. The van der Waals surface area contributed by atoms with Crippen LogP contribution in [0.2, 0.25) is 0 Å². The van der Waals surface area contributed by atoms with E-state index >= 15 is 0 Å². The van der Waals surface area contributed by atoms with E-state index in [0.717, 1.165) is 5.56 Å². The topological polar surface area (TPSA) is 157 Å². The van der Waals surface area contributed by atoms with Crippen molar-refractivity contribution in [2.75, 3.05) is 13.1 Å². The maximum absolute atomic E-state index is 12.6. The van der Waals surface area contributed by atoms with Crippen LogP contribution in [0.3, 0.4) is 0 Å². The minimum Gasteiger partial charge on any atom is -0.391 e. The van der Waals surface area contributed by atoms with Crippen LogP contribution in [0.25, 0.3) is 0 Å². The molecule has 0 aliphatic heterocycles. The molecule has 1 aromatic rings. The number of hydrogen-bond acceptors (Lipinski definition) is 7. The summed E-state index contributed by atoms with van der Waals surface area (Å²) in [6.45, 7) is 3.33. The van der Waals surface area contributed by atoms with E-state index in [0.29, 0.717) is 0 Å². The number of carbonyl (C=O) groups excluding carboxylic acids is 3. The molecule has 9 nitrogen and oxygen atoms in total. The van der Waals surface area contributed by atoms with Gasteiger partial charge < -0.3 is 31.9 Å². The smallest absolute Gasteiger partial charge is 0.249 e. The Morgan fingerprint density at radius 3 is 2.17 bits per heavy atom. The number of ketones is 1. The van der Waals surface area contributed by atoms with Crippen LogP contribution in [0.4, 0.5) is 0 Å². The Labute approximate surface area is 171 Å². The average molecular weight is 408 g/mol.